The first-order chi connectivity index (χ1) is 4.34. The summed E-state index contributed by atoms with van der Waals surface area (Å²) in [5.74, 6) is -0.548. The van der Waals surface area contributed by atoms with Gasteiger partial charge in [-0.3, -0.25) is 9.36 Å². The van der Waals surface area contributed by atoms with Gasteiger partial charge in [0.05, 0.1) is 0 Å². The van der Waals surface area contributed by atoms with Crippen LogP contribution in [0, 0.1) is 0 Å². The number of amides is 1. The second-order valence-corrected chi connectivity index (χ2v) is 3.30. The summed E-state index contributed by atoms with van der Waals surface area (Å²) in [4.78, 5) is 26.8. The highest BCUT2D eigenvalue weighted by molar-refractivity contribution is 7.56. The molecule has 0 aliphatic rings. The van der Waals surface area contributed by atoms with Crippen LogP contribution in [0.5, 0.6) is 0 Å². The van der Waals surface area contributed by atoms with Crippen molar-refractivity contribution in [1.82, 2.24) is 5.32 Å². The lowest BCUT2D eigenvalue weighted by atomic mass is 10.7. The average molecular weight is 165 g/mol. The fraction of sp³-hybridized carbons (Fsp3) is 0.250. The predicted molar refractivity (Wildman–Crippen MR) is 35.0 cm³/mol. The van der Waals surface area contributed by atoms with Crippen molar-refractivity contribution in [2.24, 2.45) is 0 Å². The molecule has 1 amide bonds. The van der Waals surface area contributed by atoms with Crippen LogP contribution in [-0.2, 0) is 9.36 Å². The Kier molecular flexibility index (Phi) is 2.77. The second kappa shape index (κ2) is 2.96. The number of rotatable bonds is 2. The Hall–Kier alpha value is -0.640. The molecule has 0 aliphatic heterocycles. The Morgan fingerprint density at radius 2 is 2.00 bits per heavy atom. The zero-order chi connectivity index (χ0) is 8.36. The molecular formula is C4H8NO4P. The van der Waals surface area contributed by atoms with E-state index in [9.17, 15) is 9.36 Å². The highest BCUT2D eigenvalue weighted by atomic mass is 31.2. The van der Waals surface area contributed by atoms with E-state index in [1.165, 1.54) is 0 Å². The summed E-state index contributed by atoms with van der Waals surface area (Å²) in [6, 6.07) is 0. The topological polar surface area (TPSA) is 86.6 Å². The van der Waals surface area contributed by atoms with Gasteiger partial charge in [0.15, 0.2) is 0 Å². The van der Waals surface area contributed by atoms with Crippen molar-refractivity contribution >= 4 is 13.5 Å². The zero-order valence-electron chi connectivity index (χ0n) is 5.37. The van der Waals surface area contributed by atoms with Crippen LogP contribution >= 0.6 is 7.60 Å². The molecule has 5 nitrogen and oxygen atoms in total. The first-order valence-electron chi connectivity index (χ1n) is 2.36. The molecule has 58 valence electrons. The van der Waals surface area contributed by atoms with E-state index in [0.717, 1.165) is 6.92 Å². The number of carbonyl (C=O) groups is 1. The van der Waals surface area contributed by atoms with E-state index in [1.54, 1.807) is 0 Å². The summed E-state index contributed by atoms with van der Waals surface area (Å²) < 4.78 is 10.2. The van der Waals surface area contributed by atoms with Crippen LogP contribution in [0.25, 0.3) is 0 Å². The number of hydrogen-bond donors (Lipinski definition) is 3. The number of hydrogen-bond acceptors (Lipinski definition) is 2. The first-order valence-corrected chi connectivity index (χ1v) is 3.98. The van der Waals surface area contributed by atoms with Gasteiger partial charge in [-0.15, -0.1) is 0 Å². The van der Waals surface area contributed by atoms with Gasteiger partial charge < -0.3 is 15.1 Å². The smallest absolute Gasteiger partial charge is 0.320 e. The number of carbonyl (C=O) groups excluding carboxylic acids is 1. The van der Waals surface area contributed by atoms with Gasteiger partial charge >= 0.3 is 7.60 Å². The molecule has 6 heteroatoms. The third kappa shape index (κ3) is 3.40. The van der Waals surface area contributed by atoms with Gasteiger partial charge in [-0.05, 0) is 0 Å². The van der Waals surface area contributed by atoms with E-state index in [-0.39, 0.29) is 0 Å². The minimum Gasteiger partial charge on any atom is -0.320 e. The maximum Gasteiger partial charge on any atom is 0.371 e. The molecule has 0 spiro atoms. The van der Waals surface area contributed by atoms with Crippen LogP contribution in [-0.4, -0.2) is 15.7 Å². The molecule has 0 saturated heterocycles. The molecule has 0 heterocycles. The van der Waals surface area contributed by atoms with E-state index in [4.69, 9.17) is 9.79 Å². The average Bonchev–Trinajstić information content (AvgIpc) is 1.60. The van der Waals surface area contributed by atoms with Gasteiger partial charge in [-0.1, -0.05) is 6.58 Å². The summed E-state index contributed by atoms with van der Waals surface area (Å²) in [6.45, 7) is 4.11. The molecule has 0 aliphatic carbocycles. The summed E-state index contributed by atoms with van der Waals surface area (Å²) in [6.07, 6.45) is 0. The van der Waals surface area contributed by atoms with Crippen molar-refractivity contribution in [2.75, 3.05) is 0 Å². The maximum absolute atomic E-state index is 10.2. The van der Waals surface area contributed by atoms with Gasteiger partial charge in [-0.25, -0.2) is 0 Å². The standard InChI is InChI=1S/C4H8NO4P/c1-3(6)5-4(2)10(7,8)9/h2H2,1H3,(H,5,6)(H2,7,8,9). The molecule has 0 aromatic rings. The van der Waals surface area contributed by atoms with E-state index >= 15 is 0 Å². The molecule has 10 heavy (non-hydrogen) atoms. The van der Waals surface area contributed by atoms with Crippen molar-refractivity contribution in [3.63, 3.8) is 0 Å². The first kappa shape index (κ1) is 9.36. The van der Waals surface area contributed by atoms with Gasteiger partial charge in [0.2, 0.25) is 5.91 Å². The maximum atomic E-state index is 10.2. The van der Waals surface area contributed by atoms with Gasteiger partial charge in [0.25, 0.3) is 0 Å². The summed E-state index contributed by atoms with van der Waals surface area (Å²) in [5.41, 5.74) is -0.569. The lowest BCUT2D eigenvalue weighted by molar-refractivity contribution is -0.118. The molecule has 0 fully saturated rings. The molecule has 3 N–H and O–H groups in total. The Bertz CT molecular complexity index is 205. The fourth-order valence-electron chi connectivity index (χ4n) is 0.276. The molecule has 0 saturated carbocycles. The Morgan fingerprint density at radius 3 is 2.10 bits per heavy atom. The van der Waals surface area contributed by atoms with Crippen molar-refractivity contribution in [2.45, 2.75) is 6.92 Å². The predicted octanol–water partition coefficient (Wildman–Crippen LogP) is -0.229. The van der Waals surface area contributed by atoms with Crippen molar-refractivity contribution in [1.29, 1.82) is 0 Å². The molecule has 0 atom stereocenters. The molecule has 0 unspecified atom stereocenters. The fourth-order valence-corrected chi connectivity index (χ4v) is 0.579. The molecule has 0 rings (SSSR count). The third-order valence-corrected chi connectivity index (χ3v) is 1.49. The number of nitrogens with one attached hydrogen (secondary N) is 1. The van der Waals surface area contributed by atoms with Crippen LogP contribution in [0.4, 0.5) is 0 Å². The van der Waals surface area contributed by atoms with E-state index < -0.39 is 18.9 Å². The van der Waals surface area contributed by atoms with E-state index in [0.29, 0.717) is 0 Å². The van der Waals surface area contributed by atoms with Crippen molar-refractivity contribution in [3.8, 4) is 0 Å². The molecular weight excluding hydrogens is 157 g/mol. The molecule has 0 bridgehead atoms. The largest absolute Gasteiger partial charge is 0.371 e. The van der Waals surface area contributed by atoms with Crippen molar-refractivity contribution < 1.29 is 19.1 Å². The minimum atomic E-state index is -4.34. The second-order valence-electron chi connectivity index (χ2n) is 1.67. The molecule has 0 aromatic heterocycles. The SMILES string of the molecule is C=C(NC(C)=O)P(=O)(O)O. The summed E-state index contributed by atoms with van der Waals surface area (Å²) >= 11 is 0. The van der Waals surface area contributed by atoms with Gasteiger partial charge in [0, 0.05) is 6.92 Å². The minimum absolute atomic E-state index is 0.548. The Morgan fingerprint density at radius 1 is 1.60 bits per heavy atom. The highest BCUT2D eigenvalue weighted by Gasteiger charge is 2.18. The van der Waals surface area contributed by atoms with Crippen LogP contribution in [0.15, 0.2) is 12.0 Å². The van der Waals surface area contributed by atoms with Crippen molar-refractivity contribution in [3.05, 3.63) is 12.0 Å². The Balaban J connectivity index is 4.13. The van der Waals surface area contributed by atoms with E-state index in [1.807, 2.05) is 5.32 Å². The van der Waals surface area contributed by atoms with Crippen LogP contribution < -0.4 is 5.32 Å². The zero-order valence-corrected chi connectivity index (χ0v) is 6.26. The summed E-state index contributed by atoms with van der Waals surface area (Å²) in [5, 5.41) is 1.89. The van der Waals surface area contributed by atoms with Crippen LogP contribution in [0.1, 0.15) is 6.92 Å². The monoisotopic (exact) mass is 165 g/mol. The lowest BCUT2D eigenvalue weighted by Crippen LogP contribution is -2.18. The van der Waals surface area contributed by atoms with Gasteiger partial charge in [0.1, 0.15) is 5.44 Å². The third-order valence-electron chi connectivity index (χ3n) is 0.672. The normalized spacial score (nSPS) is 10.7. The lowest BCUT2D eigenvalue weighted by Gasteiger charge is -2.06. The van der Waals surface area contributed by atoms with Crippen LogP contribution in [0.3, 0.4) is 0 Å². The van der Waals surface area contributed by atoms with E-state index in [2.05, 4.69) is 6.58 Å². The van der Waals surface area contributed by atoms with Crippen LogP contribution in [0.2, 0.25) is 0 Å². The van der Waals surface area contributed by atoms with Gasteiger partial charge in [-0.2, -0.15) is 0 Å². The highest BCUT2D eigenvalue weighted by Crippen LogP contribution is 2.41. The summed E-state index contributed by atoms with van der Waals surface area (Å²) in [7, 11) is -4.34. The quantitative estimate of drug-likeness (QED) is 0.493. The molecule has 0 radical (unpaired) electrons. The molecule has 0 aromatic carbocycles. The Labute approximate surface area is 57.9 Å².